The molecule has 10 heteroatoms. The van der Waals surface area contributed by atoms with E-state index in [-0.39, 0.29) is 24.7 Å². The van der Waals surface area contributed by atoms with Crippen LogP contribution in [0, 0.1) is 0 Å². The molecule has 0 radical (unpaired) electrons. The third kappa shape index (κ3) is 3.48. The summed E-state index contributed by atoms with van der Waals surface area (Å²) in [6.45, 7) is 1.82. The number of nitrogens with zero attached hydrogens (tertiary/aromatic N) is 4. The maximum Gasteiger partial charge on any atom is 0.418 e. The van der Waals surface area contributed by atoms with E-state index in [2.05, 4.69) is 10.2 Å². The summed E-state index contributed by atoms with van der Waals surface area (Å²) in [7, 11) is 0. The van der Waals surface area contributed by atoms with Crippen molar-refractivity contribution in [3.05, 3.63) is 35.5 Å². The van der Waals surface area contributed by atoms with E-state index in [4.69, 9.17) is 5.11 Å². The Morgan fingerprint density at radius 1 is 1.29 bits per heavy atom. The Kier molecular flexibility index (Phi) is 5.07. The molecule has 0 saturated heterocycles. The number of aromatic nitrogens is 3. The Hall–Kier alpha value is -2.62. The molecular weight excluding hydrogens is 329 g/mol. The smallest absolute Gasteiger partial charge is 0.418 e. The molecule has 0 aliphatic heterocycles. The SMILES string of the molecule is CCN(CCO)c1nn(-c2ccccc2C(F)(F)F)nc1C(=O)O. The topological polar surface area (TPSA) is 91.5 Å². The molecule has 130 valence electrons. The molecule has 1 aromatic carbocycles. The van der Waals surface area contributed by atoms with Crippen molar-refractivity contribution in [2.24, 2.45) is 0 Å². The van der Waals surface area contributed by atoms with Gasteiger partial charge in [-0.2, -0.15) is 13.2 Å². The molecule has 0 bridgehead atoms. The number of likely N-dealkylation sites (N-methyl/N-ethyl adjacent to an activating group) is 1. The number of alkyl halides is 3. The van der Waals surface area contributed by atoms with Gasteiger partial charge in [0.2, 0.25) is 5.69 Å². The molecule has 0 unspecified atom stereocenters. The highest BCUT2D eigenvalue weighted by Gasteiger charge is 2.35. The van der Waals surface area contributed by atoms with E-state index in [1.54, 1.807) is 6.92 Å². The van der Waals surface area contributed by atoms with Crippen LogP contribution in [0.2, 0.25) is 0 Å². The zero-order valence-corrected chi connectivity index (χ0v) is 12.7. The molecule has 2 rings (SSSR count). The normalized spacial score (nSPS) is 11.5. The average Bonchev–Trinajstić information content (AvgIpc) is 2.97. The zero-order chi connectivity index (χ0) is 17.9. The molecule has 0 aliphatic rings. The van der Waals surface area contributed by atoms with E-state index in [0.29, 0.717) is 11.3 Å². The van der Waals surface area contributed by atoms with E-state index >= 15 is 0 Å². The van der Waals surface area contributed by atoms with Crippen molar-refractivity contribution in [1.82, 2.24) is 15.0 Å². The minimum absolute atomic E-state index is 0.0798. The van der Waals surface area contributed by atoms with Crippen molar-refractivity contribution < 1.29 is 28.2 Å². The first-order chi connectivity index (χ1) is 11.3. The zero-order valence-electron chi connectivity index (χ0n) is 12.7. The average molecular weight is 344 g/mol. The van der Waals surface area contributed by atoms with Crippen LogP contribution in [-0.2, 0) is 6.18 Å². The summed E-state index contributed by atoms with van der Waals surface area (Å²) in [6, 6.07) is 4.61. The largest absolute Gasteiger partial charge is 0.476 e. The highest BCUT2D eigenvalue weighted by atomic mass is 19.4. The van der Waals surface area contributed by atoms with Gasteiger partial charge in [-0.15, -0.1) is 15.0 Å². The van der Waals surface area contributed by atoms with Crippen molar-refractivity contribution in [2.75, 3.05) is 24.6 Å². The van der Waals surface area contributed by atoms with Gasteiger partial charge in [0, 0.05) is 13.1 Å². The first kappa shape index (κ1) is 17.7. The fourth-order valence-electron chi connectivity index (χ4n) is 2.18. The number of rotatable bonds is 6. The van der Waals surface area contributed by atoms with Crippen molar-refractivity contribution in [1.29, 1.82) is 0 Å². The van der Waals surface area contributed by atoms with Gasteiger partial charge in [-0.3, -0.25) is 0 Å². The molecule has 2 N–H and O–H groups in total. The summed E-state index contributed by atoms with van der Waals surface area (Å²) >= 11 is 0. The first-order valence-corrected chi connectivity index (χ1v) is 7.02. The van der Waals surface area contributed by atoms with Crippen LogP contribution in [0.3, 0.4) is 0 Å². The second-order valence-electron chi connectivity index (χ2n) is 4.78. The van der Waals surface area contributed by atoms with Crippen molar-refractivity contribution >= 4 is 11.8 Å². The van der Waals surface area contributed by atoms with E-state index in [0.717, 1.165) is 12.1 Å². The summed E-state index contributed by atoms with van der Waals surface area (Å²) < 4.78 is 39.4. The van der Waals surface area contributed by atoms with Crippen LogP contribution in [0.4, 0.5) is 19.0 Å². The number of hydrogen-bond acceptors (Lipinski definition) is 5. The summed E-state index contributed by atoms with van der Waals surface area (Å²) in [5, 5.41) is 25.9. The summed E-state index contributed by atoms with van der Waals surface area (Å²) in [5.74, 6) is -1.52. The molecule has 0 amide bonds. The van der Waals surface area contributed by atoms with Crippen LogP contribution in [0.25, 0.3) is 5.69 Å². The Labute approximate surface area is 134 Å². The minimum Gasteiger partial charge on any atom is -0.476 e. The van der Waals surface area contributed by atoms with E-state index < -0.39 is 23.4 Å². The van der Waals surface area contributed by atoms with E-state index in [1.165, 1.54) is 17.0 Å². The molecule has 0 spiro atoms. The molecule has 2 aromatic rings. The molecule has 7 nitrogen and oxygen atoms in total. The monoisotopic (exact) mass is 344 g/mol. The fraction of sp³-hybridized carbons (Fsp3) is 0.357. The predicted molar refractivity (Wildman–Crippen MR) is 78.3 cm³/mol. The Balaban J connectivity index is 2.60. The number of carbonyl (C=O) groups is 1. The Morgan fingerprint density at radius 3 is 2.50 bits per heavy atom. The number of aliphatic hydroxyl groups is 1. The molecule has 1 aromatic heterocycles. The third-order valence-electron chi connectivity index (χ3n) is 3.27. The van der Waals surface area contributed by atoms with Gasteiger partial charge in [0.05, 0.1) is 17.9 Å². The molecular formula is C14H15F3N4O3. The van der Waals surface area contributed by atoms with Gasteiger partial charge in [-0.1, -0.05) is 12.1 Å². The summed E-state index contributed by atoms with van der Waals surface area (Å²) in [4.78, 5) is 13.4. The van der Waals surface area contributed by atoms with E-state index in [9.17, 15) is 23.1 Å². The highest BCUT2D eigenvalue weighted by Crippen LogP contribution is 2.33. The molecule has 0 atom stereocenters. The highest BCUT2D eigenvalue weighted by molar-refractivity contribution is 5.91. The third-order valence-corrected chi connectivity index (χ3v) is 3.27. The van der Waals surface area contributed by atoms with Crippen LogP contribution in [-0.4, -0.2) is 50.9 Å². The van der Waals surface area contributed by atoms with Crippen molar-refractivity contribution in [3.8, 4) is 5.69 Å². The second kappa shape index (κ2) is 6.87. The lowest BCUT2D eigenvalue weighted by Gasteiger charge is -2.18. The summed E-state index contributed by atoms with van der Waals surface area (Å²) in [5.41, 5.74) is -1.84. The number of halogens is 3. The Bertz CT molecular complexity index is 730. The van der Waals surface area contributed by atoms with Crippen LogP contribution in [0.1, 0.15) is 23.0 Å². The van der Waals surface area contributed by atoms with Gasteiger partial charge >= 0.3 is 12.1 Å². The van der Waals surface area contributed by atoms with Crippen LogP contribution >= 0.6 is 0 Å². The summed E-state index contributed by atoms with van der Waals surface area (Å²) in [6.07, 6.45) is -4.64. The molecule has 1 heterocycles. The van der Waals surface area contributed by atoms with Gasteiger partial charge in [-0.05, 0) is 19.1 Å². The molecule has 0 saturated carbocycles. The maximum absolute atomic E-state index is 13.1. The van der Waals surface area contributed by atoms with Crippen molar-refractivity contribution in [2.45, 2.75) is 13.1 Å². The van der Waals surface area contributed by atoms with Gasteiger partial charge < -0.3 is 15.1 Å². The van der Waals surface area contributed by atoms with Gasteiger partial charge in [0.1, 0.15) is 0 Å². The maximum atomic E-state index is 13.1. The van der Waals surface area contributed by atoms with E-state index in [1.807, 2.05) is 0 Å². The number of aromatic carboxylic acids is 1. The van der Waals surface area contributed by atoms with Crippen LogP contribution in [0.15, 0.2) is 24.3 Å². The minimum atomic E-state index is -4.64. The first-order valence-electron chi connectivity index (χ1n) is 7.02. The predicted octanol–water partition coefficient (Wildman–Crippen LogP) is 1.80. The number of carboxylic acids is 1. The van der Waals surface area contributed by atoms with Crippen LogP contribution in [0.5, 0.6) is 0 Å². The quantitative estimate of drug-likeness (QED) is 0.830. The molecule has 0 fully saturated rings. The fourth-order valence-corrected chi connectivity index (χ4v) is 2.18. The molecule has 24 heavy (non-hydrogen) atoms. The number of carboxylic acid groups (broad SMARTS) is 1. The van der Waals surface area contributed by atoms with Gasteiger partial charge in [0.15, 0.2) is 5.82 Å². The lowest BCUT2D eigenvalue weighted by atomic mass is 10.2. The number of hydrogen-bond donors (Lipinski definition) is 2. The van der Waals surface area contributed by atoms with Crippen LogP contribution < -0.4 is 4.90 Å². The lowest BCUT2D eigenvalue weighted by Crippen LogP contribution is -2.28. The second-order valence-corrected chi connectivity index (χ2v) is 4.78. The number of anilines is 1. The van der Waals surface area contributed by atoms with Crippen molar-refractivity contribution in [3.63, 3.8) is 0 Å². The van der Waals surface area contributed by atoms with Gasteiger partial charge in [0.25, 0.3) is 0 Å². The van der Waals surface area contributed by atoms with Gasteiger partial charge in [-0.25, -0.2) is 4.79 Å². The molecule has 0 aliphatic carbocycles. The number of aliphatic hydroxyl groups excluding tert-OH is 1. The standard InChI is InChI=1S/C14H15F3N4O3/c1-2-20(7-8-22)12-11(13(23)24)18-21(19-12)10-6-4-3-5-9(10)14(15,16)17/h3-6,22H,2,7-8H2,1H3,(H,23,24). The number of para-hydroxylation sites is 1. The number of benzene rings is 1. The lowest BCUT2D eigenvalue weighted by molar-refractivity contribution is -0.137. The Morgan fingerprint density at radius 2 is 1.96 bits per heavy atom.